The van der Waals surface area contributed by atoms with Crippen LogP contribution in [0.4, 0.5) is 5.69 Å². The van der Waals surface area contributed by atoms with Crippen LogP contribution in [0.1, 0.15) is 11.1 Å². The first-order chi connectivity index (χ1) is 13.3. The number of anilines is 1. The number of carbonyl (C=O) groups is 1. The monoisotopic (exact) mass is 374 g/mol. The number of hydrogen-bond donors (Lipinski definition) is 1. The van der Waals surface area contributed by atoms with E-state index in [0.717, 1.165) is 23.5 Å². The van der Waals surface area contributed by atoms with Gasteiger partial charge in [0.15, 0.2) is 0 Å². The molecule has 1 aliphatic heterocycles. The summed E-state index contributed by atoms with van der Waals surface area (Å²) in [7, 11) is 0. The van der Waals surface area contributed by atoms with Gasteiger partial charge in [-0.05, 0) is 41.8 Å². The normalized spacial score (nSPS) is 13.1. The van der Waals surface area contributed by atoms with Gasteiger partial charge in [-0.15, -0.1) is 0 Å². The Hall–Kier alpha value is -2.72. The van der Waals surface area contributed by atoms with Crippen molar-refractivity contribution in [1.82, 2.24) is 4.90 Å². The first-order valence-electron chi connectivity index (χ1n) is 9.20. The van der Waals surface area contributed by atoms with E-state index in [1.54, 1.807) is 11.8 Å². The Bertz CT molecular complexity index is 926. The minimum absolute atomic E-state index is 0.143. The Morgan fingerprint density at radius 3 is 2.44 bits per heavy atom. The maximum atomic E-state index is 12.7. The molecular formula is C23H22N2OS. The topological polar surface area (TPSA) is 32.3 Å². The lowest BCUT2D eigenvalue weighted by atomic mass is 10.00. The van der Waals surface area contributed by atoms with Gasteiger partial charge in [-0.2, -0.15) is 0 Å². The lowest BCUT2D eigenvalue weighted by Gasteiger charge is -2.29. The molecule has 3 nitrogen and oxygen atoms in total. The van der Waals surface area contributed by atoms with E-state index in [1.165, 1.54) is 16.0 Å². The summed E-state index contributed by atoms with van der Waals surface area (Å²) in [4.78, 5) is 17.0. The van der Waals surface area contributed by atoms with Crippen LogP contribution in [0, 0.1) is 0 Å². The van der Waals surface area contributed by atoms with Crippen molar-refractivity contribution < 1.29 is 4.79 Å². The summed E-state index contributed by atoms with van der Waals surface area (Å²) in [5.74, 6) is 0.143. The summed E-state index contributed by atoms with van der Waals surface area (Å²) in [5.41, 5.74) is 3.62. The molecule has 0 atom stereocenters. The molecule has 4 heteroatoms. The van der Waals surface area contributed by atoms with Crippen LogP contribution in [0.15, 0.2) is 88.7 Å². The van der Waals surface area contributed by atoms with Crippen LogP contribution in [-0.2, 0) is 17.8 Å². The van der Waals surface area contributed by atoms with E-state index >= 15 is 0 Å². The van der Waals surface area contributed by atoms with Crippen molar-refractivity contribution in [2.75, 3.05) is 18.4 Å². The number of amides is 1. The second-order valence-electron chi connectivity index (χ2n) is 6.60. The molecule has 3 aromatic carbocycles. The Balaban J connectivity index is 1.40. The van der Waals surface area contributed by atoms with Gasteiger partial charge >= 0.3 is 0 Å². The number of rotatable bonds is 5. The van der Waals surface area contributed by atoms with Gasteiger partial charge in [0.2, 0.25) is 5.91 Å². The molecule has 0 unspecified atom stereocenters. The smallest absolute Gasteiger partial charge is 0.242 e. The van der Waals surface area contributed by atoms with Crippen molar-refractivity contribution in [3.8, 4) is 0 Å². The van der Waals surface area contributed by atoms with Crippen molar-refractivity contribution in [1.29, 1.82) is 0 Å². The average molecular weight is 375 g/mol. The van der Waals surface area contributed by atoms with E-state index in [1.807, 2.05) is 47.4 Å². The molecule has 0 bridgehead atoms. The molecule has 0 saturated heterocycles. The molecule has 1 amide bonds. The molecule has 4 rings (SSSR count). The van der Waals surface area contributed by atoms with Crippen molar-refractivity contribution in [3.05, 3.63) is 90.0 Å². The molecule has 136 valence electrons. The number of nitrogens with one attached hydrogen (secondary N) is 1. The number of nitrogens with zero attached hydrogens (tertiary/aromatic N) is 1. The van der Waals surface area contributed by atoms with E-state index < -0.39 is 0 Å². The second kappa shape index (κ2) is 8.31. The predicted molar refractivity (Wildman–Crippen MR) is 111 cm³/mol. The highest BCUT2D eigenvalue weighted by atomic mass is 32.2. The summed E-state index contributed by atoms with van der Waals surface area (Å²) >= 11 is 1.70. The maximum absolute atomic E-state index is 12.7. The van der Waals surface area contributed by atoms with Gasteiger partial charge < -0.3 is 10.2 Å². The van der Waals surface area contributed by atoms with Gasteiger partial charge in [-0.1, -0.05) is 66.4 Å². The van der Waals surface area contributed by atoms with Gasteiger partial charge in [-0.3, -0.25) is 4.79 Å². The van der Waals surface area contributed by atoms with Crippen LogP contribution in [-0.4, -0.2) is 23.9 Å². The summed E-state index contributed by atoms with van der Waals surface area (Å²) in [6.45, 7) is 1.81. The van der Waals surface area contributed by atoms with Crippen molar-refractivity contribution in [2.24, 2.45) is 0 Å². The summed E-state index contributed by atoms with van der Waals surface area (Å²) in [6.07, 6.45) is 0.933. The van der Waals surface area contributed by atoms with E-state index in [4.69, 9.17) is 0 Å². The molecule has 0 spiro atoms. The highest BCUT2D eigenvalue weighted by Gasteiger charge is 2.20. The molecule has 0 fully saturated rings. The van der Waals surface area contributed by atoms with E-state index in [0.29, 0.717) is 13.1 Å². The summed E-state index contributed by atoms with van der Waals surface area (Å²) in [5, 5.41) is 3.34. The van der Waals surface area contributed by atoms with Gasteiger partial charge in [-0.25, -0.2) is 0 Å². The van der Waals surface area contributed by atoms with E-state index in [9.17, 15) is 4.79 Å². The van der Waals surface area contributed by atoms with Gasteiger partial charge in [0.1, 0.15) is 0 Å². The van der Waals surface area contributed by atoms with Gasteiger partial charge in [0.05, 0.1) is 6.54 Å². The highest BCUT2D eigenvalue weighted by Crippen LogP contribution is 2.33. The minimum Gasteiger partial charge on any atom is -0.375 e. The Kier molecular flexibility index (Phi) is 5.45. The zero-order valence-corrected chi connectivity index (χ0v) is 15.9. The molecule has 27 heavy (non-hydrogen) atoms. The fraction of sp³-hybridized carbons (Fsp3) is 0.174. The van der Waals surface area contributed by atoms with Crippen LogP contribution < -0.4 is 5.32 Å². The quantitative estimate of drug-likeness (QED) is 0.694. The Morgan fingerprint density at radius 1 is 0.889 bits per heavy atom. The highest BCUT2D eigenvalue weighted by molar-refractivity contribution is 7.99. The van der Waals surface area contributed by atoms with Gasteiger partial charge in [0, 0.05) is 28.6 Å². The van der Waals surface area contributed by atoms with Crippen LogP contribution in [0.3, 0.4) is 0 Å². The number of carbonyl (C=O) groups excluding carboxylic acids is 1. The van der Waals surface area contributed by atoms with Crippen molar-refractivity contribution in [2.45, 2.75) is 22.8 Å². The van der Waals surface area contributed by atoms with Crippen LogP contribution in [0.25, 0.3) is 0 Å². The summed E-state index contributed by atoms with van der Waals surface area (Å²) < 4.78 is 0. The predicted octanol–water partition coefficient (Wildman–Crippen LogP) is 4.83. The average Bonchev–Trinajstić information content (AvgIpc) is 2.73. The number of para-hydroxylation sites is 1. The van der Waals surface area contributed by atoms with Crippen LogP contribution in [0.2, 0.25) is 0 Å². The second-order valence-corrected chi connectivity index (χ2v) is 7.71. The fourth-order valence-electron chi connectivity index (χ4n) is 3.31. The molecule has 0 saturated carbocycles. The van der Waals surface area contributed by atoms with Crippen molar-refractivity contribution >= 4 is 23.4 Å². The standard InChI is InChI=1S/C23H22N2OS/c26-23(25-15-14-18-8-4-5-9-19(18)17-25)16-24-21-12-6-7-13-22(21)27-20-10-2-1-3-11-20/h1-13,24H,14-17H2. The van der Waals surface area contributed by atoms with Crippen LogP contribution in [0.5, 0.6) is 0 Å². The zero-order valence-electron chi connectivity index (χ0n) is 15.1. The molecule has 0 aromatic heterocycles. The molecule has 1 N–H and O–H groups in total. The summed E-state index contributed by atoms with van der Waals surface area (Å²) in [6, 6.07) is 26.8. The third kappa shape index (κ3) is 4.34. The number of fused-ring (bicyclic) bond motifs is 1. The zero-order chi connectivity index (χ0) is 18.5. The Labute approximate surface area is 164 Å². The third-order valence-corrected chi connectivity index (χ3v) is 5.86. The SMILES string of the molecule is O=C(CNc1ccccc1Sc1ccccc1)N1CCc2ccccc2C1. The molecule has 1 aliphatic rings. The lowest BCUT2D eigenvalue weighted by molar-refractivity contribution is -0.130. The molecule has 0 aliphatic carbocycles. The van der Waals surface area contributed by atoms with E-state index in [-0.39, 0.29) is 5.91 Å². The largest absolute Gasteiger partial charge is 0.375 e. The first-order valence-corrected chi connectivity index (χ1v) is 10.0. The number of hydrogen-bond acceptors (Lipinski definition) is 3. The fourth-order valence-corrected chi connectivity index (χ4v) is 4.25. The molecular weight excluding hydrogens is 352 g/mol. The van der Waals surface area contributed by atoms with Gasteiger partial charge in [0.25, 0.3) is 0 Å². The first kappa shape index (κ1) is 17.7. The lowest BCUT2D eigenvalue weighted by Crippen LogP contribution is -2.39. The third-order valence-electron chi connectivity index (χ3n) is 4.77. The van der Waals surface area contributed by atoms with E-state index in [2.05, 4.69) is 41.7 Å². The molecule has 0 radical (unpaired) electrons. The van der Waals surface area contributed by atoms with Crippen LogP contribution >= 0.6 is 11.8 Å². The van der Waals surface area contributed by atoms with Crippen molar-refractivity contribution in [3.63, 3.8) is 0 Å². The Morgan fingerprint density at radius 2 is 1.59 bits per heavy atom. The molecule has 1 heterocycles. The minimum atomic E-state index is 0.143. The maximum Gasteiger partial charge on any atom is 0.242 e. The molecule has 3 aromatic rings. The number of benzene rings is 3.